The maximum Gasteiger partial charge on any atom is 0.341 e. The smallest absolute Gasteiger partial charge is 0.341 e. The van der Waals surface area contributed by atoms with Crippen molar-refractivity contribution >= 4 is 33.5 Å². The molecule has 0 radical (unpaired) electrons. The normalized spacial score (nSPS) is 10.3. The highest BCUT2D eigenvalue weighted by molar-refractivity contribution is 5.99. The van der Waals surface area contributed by atoms with Crippen LogP contribution in [0.3, 0.4) is 0 Å². The summed E-state index contributed by atoms with van der Waals surface area (Å²) in [6, 6.07) is 21.5. The molecule has 164 valence electrons. The van der Waals surface area contributed by atoms with Gasteiger partial charge in [0.25, 0.3) is 0 Å². The quantitative estimate of drug-likeness (QED) is 0.417. The zero-order valence-corrected chi connectivity index (χ0v) is 17.9. The van der Waals surface area contributed by atoms with E-state index >= 15 is 0 Å². The van der Waals surface area contributed by atoms with Crippen molar-refractivity contribution in [3.63, 3.8) is 0 Å². The van der Waals surface area contributed by atoms with Gasteiger partial charge in [-0.05, 0) is 59.7 Å². The van der Waals surface area contributed by atoms with Gasteiger partial charge >= 0.3 is 11.9 Å². The highest BCUT2D eigenvalue weighted by atomic mass is 16.5. The van der Waals surface area contributed by atoms with Gasteiger partial charge in [0.1, 0.15) is 22.6 Å². The van der Waals surface area contributed by atoms with E-state index in [-0.39, 0.29) is 22.6 Å². The van der Waals surface area contributed by atoms with Crippen molar-refractivity contribution in [1.29, 1.82) is 0 Å². The van der Waals surface area contributed by atoms with Gasteiger partial charge < -0.3 is 19.7 Å². The number of phenolic OH excluding ortho intramolecular Hbond substituents is 2. The van der Waals surface area contributed by atoms with E-state index < -0.39 is 11.9 Å². The average Bonchev–Trinajstić information content (AvgIpc) is 2.79. The minimum atomic E-state index is -0.495. The molecule has 0 unspecified atom stereocenters. The van der Waals surface area contributed by atoms with Crippen LogP contribution in [0.4, 0.5) is 0 Å². The second kappa shape index (κ2) is 10.3. The van der Waals surface area contributed by atoms with Crippen molar-refractivity contribution in [2.24, 2.45) is 0 Å². The molecule has 0 aliphatic heterocycles. The fourth-order valence-electron chi connectivity index (χ4n) is 3.20. The monoisotopic (exact) mass is 432 g/mol. The van der Waals surface area contributed by atoms with Crippen LogP contribution in [0.25, 0.3) is 21.5 Å². The van der Waals surface area contributed by atoms with Gasteiger partial charge in [-0.15, -0.1) is 0 Å². The second-order valence-electron chi connectivity index (χ2n) is 6.87. The summed E-state index contributed by atoms with van der Waals surface area (Å²) in [6.07, 6.45) is 0. The van der Waals surface area contributed by atoms with E-state index in [9.17, 15) is 19.8 Å². The lowest BCUT2D eigenvalue weighted by atomic mass is 10.1. The summed E-state index contributed by atoms with van der Waals surface area (Å²) in [5, 5.41) is 23.0. The minimum absolute atomic E-state index is 0.0443. The molecular formula is C26H24O6. The van der Waals surface area contributed by atoms with Crippen molar-refractivity contribution in [2.75, 3.05) is 13.2 Å². The molecule has 0 atom stereocenters. The van der Waals surface area contributed by atoms with Crippen molar-refractivity contribution in [3.8, 4) is 11.5 Å². The third-order valence-electron chi connectivity index (χ3n) is 4.72. The molecule has 0 aromatic heterocycles. The molecule has 0 bridgehead atoms. The Morgan fingerprint density at radius 1 is 0.625 bits per heavy atom. The summed E-state index contributed by atoms with van der Waals surface area (Å²) in [6.45, 7) is 4.06. The van der Waals surface area contributed by atoms with Crippen molar-refractivity contribution in [2.45, 2.75) is 13.8 Å². The van der Waals surface area contributed by atoms with Gasteiger partial charge in [0, 0.05) is 0 Å². The van der Waals surface area contributed by atoms with E-state index in [4.69, 9.17) is 9.47 Å². The minimum Gasteiger partial charge on any atom is -0.507 e. The number of hydrogen-bond donors (Lipinski definition) is 2. The number of rotatable bonds is 4. The van der Waals surface area contributed by atoms with E-state index in [0.29, 0.717) is 13.2 Å². The summed E-state index contributed by atoms with van der Waals surface area (Å²) in [7, 11) is 0. The zero-order valence-electron chi connectivity index (χ0n) is 17.9. The molecule has 0 saturated carbocycles. The Balaban J connectivity index is 0.000000181. The molecule has 0 heterocycles. The zero-order chi connectivity index (χ0) is 23.1. The van der Waals surface area contributed by atoms with Gasteiger partial charge in [0.05, 0.1) is 13.2 Å². The number of hydrogen-bond acceptors (Lipinski definition) is 6. The second-order valence-corrected chi connectivity index (χ2v) is 6.87. The van der Waals surface area contributed by atoms with Crippen LogP contribution in [0.2, 0.25) is 0 Å². The third-order valence-corrected chi connectivity index (χ3v) is 4.72. The Morgan fingerprint density at radius 3 is 1.25 bits per heavy atom. The predicted molar refractivity (Wildman–Crippen MR) is 123 cm³/mol. The molecule has 0 spiro atoms. The van der Waals surface area contributed by atoms with E-state index in [1.54, 1.807) is 38.1 Å². The first kappa shape index (κ1) is 22.6. The number of ether oxygens (including phenoxy) is 2. The number of phenols is 2. The molecule has 0 saturated heterocycles. The van der Waals surface area contributed by atoms with Gasteiger partial charge in [-0.1, -0.05) is 48.5 Å². The van der Waals surface area contributed by atoms with Crippen LogP contribution in [-0.2, 0) is 9.47 Å². The molecule has 0 aliphatic rings. The summed E-state index contributed by atoms with van der Waals surface area (Å²) in [5.41, 5.74) is 0.418. The molecule has 0 fully saturated rings. The van der Waals surface area contributed by atoms with Crippen LogP contribution >= 0.6 is 0 Å². The van der Waals surface area contributed by atoms with E-state index in [2.05, 4.69) is 0 Å². The van der Waals surface area contributed by atoms with Crippen molar-refractivity contribution in [1.82, 2.24) is 0 Å². The first-order valence-electron chi connectivity index (χ1n) is 10.2. The Labute approximate surface area is 185 Å². The Kier molecular flexibility index (Phi) is 7.29. The molecule has 2 N–H and O–H groups in total. The number of carbonyl (C=O) groups is 2. The predicted octanol–water partition coefficient (Wildman–Crippen LogP) is 5.44. The standard InChI is InChI=1S/2C13H12O3/c2*1-2-16-13(15)11-7-9-5-3-4-6-10(9)8-12(11)14/h2*3-8,14H,2H2,1H3. The number of aromatic hydroxyl groups is 2. The summed E-state index contributed by atoms with van der Waals surface area (Å²) in [4.78, 5) is 23.1. The first-order valence-corrected chi connectivity index (χ1v) is 10.2. The van der Waals surface area contributed by atoms with E-state index in [1.165, 1.54) is 0 Å². The fraction of sp³-hybridized carbons (Fsp3) is 0.154. The third kappa shape index (κ3) is 5.16. The molecule has 4 rings (SSSR count). The number of carbonyl (C=O) groups excluding carboxylic acids is 2. The molecule has 4 aromatic carbocycles. The lowest BCUT2D eigenvalue weighted by Gasteiger charge is -2.06. The van der Waals surface area contributed by atoms with E-state index in [0.717, 1.165) is 21.5 Å². The van der Waals surface area contributed by atoms with Crippen LogP contribution < -0.4 is 0 Å². The van der Waals surface area contributed by atoms with Crippen LogP contribution in [0.5, 0.6) is 11.5 Å². The summed E-state index contributed by atoms with van der Waals surface area (Å²) < 4.78 is 9.72. The SMILES string of the molecule is CCOC(=O)c1cc2ccccc2cc1O.CCOC(=O)c1cc2ccccc2cc1O. The van der Waals surface area contributed by atoms with E-state index in [1.807, 2.05) is 48.5 Å². The summed E-state index contributed by atoms with van der Waals surface area (Å²) in [5.74, 6) is -1.08. The summed E-state index contributed by atoms with van der Waals surface area (Å²) >= 11 is 0. The maximum atomic E-state index is 11.5. The van der Waals surface area contributed by atoms with Gasteiger partial charge in [0.2, 0.25) is 0 Å². The lowest BCUT2D eigenvalue weighted by molar-refractivity contribution is 0.0513. The fourth-order valence-corrected chi connectivity index (χ4v) is 3.20. The topological polar surface area (TPSA) is 93.1 Å². The Bertz CT molecular complexity index is 1160. The van der Waals surface area contributed by atoms with Crippen LogP contribution in [0, 0.1) is 0 Å². The van der Waals surface area contributed by atoms with Crippen LogP contribution in [-0.4, -0.2) is 35.4 Å². The number of esters is 2. The highest BCUT2D eigenvalue weighted by Gasteiger charge is 2.13. The molecule has 0 aliphatic carbocycles. The number of benzene rings is 4. The molecule has 4 aromatic rings. The largest absolute Gasteiger partial charge is 0.507 e. The Hall–Kier alpha value is -4.06. The molecule has 0 amide bonds. The van der Waals surface area contributed by atoms with Gasteiger partial charge in [-0.25, -0.2) is 9.59 Å². The molecule has 6 nitrogen and oxygen atoms in total. The number of fused-ring (bicyclic) bond motifs is 2. The Morgan fingerprint density at radius 2 is 0.938 bits per heavy atom. The van der Waals surface area contributed by atoms with Crippen molar-refractivity contribution in [3.05, 3.63) is 83.9 Å². The van der Waals surface area contributed by atoms with Crippen molar-refractivity contribution < 1.29 is 29.3 Å². The lowest BCUT2D eigenvalue weighted by Crippen LogP contribution is -2.04. The first-order chi connectivity index (χ1) is 15.4. The van der Waals surface area contributed by atoms with Crippen LogP contribution in [0.1, 0.15) is 34.6 Å². The average molecular weight is 432 g/mol. The van der Waals surface area contributed by atoms with Crippen LogP contribution in [0.15, 0.2) is 72.8 Å². The molecule has 32 heavy (non-hydrogen) atoms. The van der Waals surface area contributed by atoms with Gasteiger partial charge in [0.15, 0.2) is 0 Å². The molecule has 6 heteroatoms. The highest BCUT2D eigenvalue weighted by Crippen LogP contribution is 2.26. The van der Waals surface area contributed by atoms with Gasteiger partial charge in [-0.3, -0.25) is 0 Å². The maximum absolute atomic E-state index is 11.5. The molecular weight excluding hydrogens is 408 g/mol. The van der Waals surface area contributed by atoms with Gasteiger partial charge in [-0.2, -0.15) is 0 Å².